The van der Waals surface area contributed by atoms with Crippen LogP contribution in [0.5, 0.6) is 11.5 Å². The number of nitrogens with one attached hydrogen (secondary N) is 1. The number of hydrogen-bond donors (Lipinski definition) is 1. The minimum atomic E-state index is 0.379. The van der Waals surface area contributed by atoms with Crippen molar-refractivity contribution in [2.45, 2.75) is 13.5 Å². The fraction of sp³-hybridized carbons (Fsp3) is 0.259. The molecule has 2 aromatic heterocycles. The highest BCUT2D eigenvalue weighted by molar-refractivity contribution is 5.89. The van der Waals surface area contributed by atoms with Gasteiger partial charge in [-0.1, -0.05) is 6.07 Å². The summed E-state index contributed by atoms with van der Waals surface area (Å²) in [5.74, 6) is 1.93. The van der Waals surface area contributed by atoms with Crippen LogP contribution in [0.4, 0.5) is 17.2 Å². The van der Waals surface area contributed by atoms with Crippen molar-refractivity contribution in [1.29, 1.82) is 5.26 Å². The lowest BCUT2D eigenvalue weighted by Crippen LogP contribution is -2.36. The molecule has 1 saturated heterocycles. The number of rotatable bonds is 7. The maximum atomic E-state index is 9.99. The van der Waals surface area contributed by atoms with Gasteiger partial charge in [0.1, 0.15) is 29.6 Å². The van der Waals surface area contributed by atoms with Crippen molar-refractivity contribution in [3.05, 3.63) is 71.7 Å². The zero-order chi connectivity index (χ0) is 24.9. The van der Waals surface area contributed by atoms with Crippen LogP contribution in [0.1, 0.15) is 16.8 Å². The normalized spacial score (nSPS) is 13.3. The molecule has 0 saturated carbocycles. The summed E-state index contributed by atoms with van der Waals surface area (Å²) in [4.78, 5) is 15.7. The van der Waals surface area contributed by atoms with Gasteiger partial charge in [-0.25, -0.2) is 4.98 Å². The van der Waals surface area contributed by atoms with Gasteiger partial charge in [-0.05, 0) is 37.3 Å². The Labute approximate surface area is 209 Å². The molecule has 1 aliphatic heterocycles. The van der Waals surface area contributed by atoms with Crippen LogP contribution < -0.4 is 19.7 Å². The predicted octanol–water partition coefficient (Wildman–Crippen LogP) is 4.37. The first-order valence-corrected chi connectivity index (χ1v) is 11.7. The maximum Gasteiger partial charge on any atom is 0.162 e. The third-order valence-electron chi connectivity index (χ3n) is 5.96. The van der Waals surface area contributed by atoms with Crippen LogP contribution >= 0.6 is 0 Å². The van der Waals surface area contributed by atoms with Crippen molar-refractivity contribution >= 4 is 28.2 Å². The molecule has 0 unspecified atom stereocenters. The van der Waals surface area contributed by atoms with Crippen molar-refractivity contribution in [2.24, 2.45) is 0 Å². The number of nitriles is 1. The second-order valence-electron chi connectivity index (χ2n) is 8.38. The summed E-state index contributed by atoms with van der Waals surface area (Å²) in [6, 6.07) is 15.5. The predicted molar refractivity (Wildman–Crippen MR) is 137 cm³/mol. The van der Waals surface area contributed by atoms with Gasteiger partial charge in [-0.15, -0.1) is 0 Å². The van der Waals surface area contributed by atoms with E-state index in [4.69, 9.17) is 19.2 Å². The Hall–Kier alpha value is -4.42. The smallest absolute Gasteiger partial charge is 0.162 e. The van der Waals surface area contributed by atoms with Crippen molar-refractivity contribution in [2.75, 3.05) is 43.6 Å². The molecule has 0 bridgehead atoms. The van der Waals surface area contributed by atoms with Crippen molar-refractivity contribution in [1.82, 2.24) is 15.0 Å². The average Bonchev–Trinajstić information content (AvgIpc) is 2.93. The maximum absolute atomic E-state index is 9.99. The number of benzene rings is 2. The average molecular weight is 483 g/mol. The molecular weight excluding hydrogens is 456 g/mol. The van der Waals surface area contributed by atoms with E-state index in [0.29, 0.717) is 53.6 Å². The summed E-state index contributed by atoms with van der Waals surface area (Å²) >= 11 is 0. The van der Waals surface area contributed by atoms with E-state index >= 15 is 0 Å². The minimum Gasteiger partial charge on any atom is -0.493 e. The highest BCUT2D eigenvalue weighted by Gasteiger charge is 2.17. The van der Waals surface area contributed by atoms with Gasteiger partial charge in [0.05, 0.1) is 37.7 Å². The highest BCUT2D eigenvalue weighted by Crippen LogP contribution is 2.34. The van der Waals surface area contributed by atoms with Crippen LogP contribution in [0.25, 0.3) is 11.0 Å². The van der Waals surface area contributed by atoms with Crippen LogP contribution in [0.15, 0.2) is 54.9 Å². The number of nitrogens with zero attached hydrogens (tertiary/aromatic N) is 5. The van der Waals surface area contributed by atoms with E-state index in [-0.39, 0.29) is 0 Å². The Morgan fingerprint density at radius 2 is 1.92 bits per heavy atom. The van der Waals surface area contributed by atoms with Gasteiger partial charge in [0.25, 0.3) is 0 Å². The van der Waals surface area contributed by atoms with Crippen LogP contribution in [0, 0.1) is 18.3 Å². The summed E-state index contributed by atoms with van der Waals surface area (Å²) in [6.45, 7) is 5.11. The molecule has 5 rings (SSSR count). The monoisotopic (exact) mass is 482 g/mol. The molecular formula is C27H26N6O3. The second-order valence-corrected chi connectivity index (χ2v) is 8.38. The van der Waals surface area contributed by atoms with Gasteiger partial charge in [-0.3, -0.25) is 9.97 Å². The van der Waals surface area contributed by atoms with Crippen LogP contribution in [-0.4, -0.2) is 48.4 Å². The number of anilines is 3. The van der Waals surface area contributed by atoms with Crippen LogP contribution in [0.2, 0.25) is 0 Å². The number of morpholine rings is 1. The zero-order valence-electron chi connectivity index (χ0n) is 20.2. The number of hydrogen-bond acceptors (Lipinski definition) is 9. The first-order valence-electron chi connectivity index (χ1n) is 11.7. The van der Waals surface area contributed by atoms with Crippen molar-refractivity contribution < 1.29 is 14.2 Å². The lowest BCUT2D eigenvalue weighted by atomic mass is 10.1. The van der Waals surface area contributed by atoms with Gasteiger partial charge in [0.2, 0.25) is 0 Å². The molecule has 9 heteroatoms. The van der Waals surface area contributed by atoms with E-state index in [1.54, 1.807) is 19.5 Å². The Morgan fingerprint density at radius 1 is 1.06 bits per heavy atom. The van der Waals surface area contributed by atoms with Crippen molar-refractivity contribution in [3.8, 4) is 17.6 Å². The molecule has 1 fully saturated rings. The molecule has 1 aliphatic rings. The molecule has 3 heterocycles. The largest absolute Gasteiger partial charge is 0.493 e. The van der Waals surface area contributed by atoms with Gasteiger partial charge in [0, 0.05) is 42.3 Å². The first-order chi connectivity index (χ1) is 17.6. The minimum absolute atomic E-state index is 0.379. The third kappa shape index (κ3) is 4.99. The Morgan fingerprint density at radius 3 is 2.67 bits per heavy atom. The molecule has 1 N–H and O–H groups in total. The summed E-state index contributed by atoms with van der Waals surface area (Å²) in [7, 11) is 1.60. The molecule has 0 radical (unpaired) electrons. The highest BCUT2D eigenvalue weighted by atomic mass is 16.5. The molecule has 9 nitrogen and oxygen atoms in total. The third-order valence-corrected chi connectivity index (χ3v) is 5.96. The van der Waals surface area contributed by atoms with Gasteiger partial charge >= 0.3 is 0 Å². The SMILES string of the molecule is COc1cc(Nc2ccc3ncc(N4CCOCC4)nc3c2C#N)ccc1OCc1ccc(C)nc1. The molecule has 182 valence electrons. The molecule has 2 aromatic carbocycles. The van der Waals surface area contributed by atoms with Crippen molar-refractivity contribution in [3.63, 3.8) is 0 Å². The summed E-state index contributed by atoms with van der Waals surface area (Å²) < 4.78 is 16.9. The number of aromatic nitrogens is 3. The summed E-state index contributed by atoms with van der Waals surface area (Å²) in [6.07, 6.45) is 3.55. The quantitative estimate of drug-likeness (QED) is 0.411. The number of methoxy groups -OCH3 is 1. The Balaban J connectivity index is 1.39. The molecule has 0 spiro atoms. The van der Waals surface area contributed by atoms with E-state index < -0.39 is 0 Å². The van der Waals surface area contributed by atoms with E-state index in [2.05, 4.69) is 26.3 Å². The van der Waals surface area contributed by atoms with Crippen LogP contribution in [-0.2, 0) is 11.3 Å². The summed E-state index contributed by atoms with van der Waals surface area (Å²) in [5.41, 5.74) is 4.98. The number of aryl methyl sites for hydroxylation is 1. The standard InChI is InChI=1S/C27H26N6O3/c1-18-3-4-19(15-29-18)17-36-24-8-5-20(13-25(24)34-2)31-22-6-7-23-27(21(22)14-28)32-26(16-30-23)33-9-11-35-12-10-33/h3-8,13,15-16,31H,9-12,17H2,1-2H3. The van der Waals surface area contributed by atoms with Gasteiger partial charge in [-0.2, -0.15) is 5.26 Å². The van der Waals surface area contributed by atoms with E-state index in [1.165, 1.54) is 0 Å². The number of pyridine rings is 1. The van der Waals surface area contributed by atoms with E-state index in [0.717, 1.165) is 35.9 Å². The van der Waals surface area contributed by atoms with E-state index in [9.17, 15) is 5.26 Å². The lowest BCUT2D eigenvalue weighted by molar-refractivity contribution is 0.122. The topological polar surface area (TPSA) is 105 Å². The Kier molecular flexibility index (Phi) is 6.78. The van der Waals surface area contributed by atoms with E-state index in [1.807, 2.05) is 49.4 Å². The van der Waals surface area contributed by atoms with Crippen LogP contribution in [0.3, 0.4) is 0 Å². The fourth-order valence-corrected chi connectivity index (χ4v) is 4.00. The van der Waals surface area contributed by atoms with Gasteiger partial charge < -0.3 is 24.4 Å². The molecule has 36 heavy (non-hydrogen) atoms. The Bertz CT molecular complexity index is 1410. The fourth-order valence-electron chi connectivity index (χ4n) is 4.00. The molecule has 0 amide bonds. The number of ether oxygens (including phenoxy) is 3. The second kappa shape index (κ2) is 10.5. The molecule has 0 aliphatic carbocycles. The lowest BCUT2D eigenvalue weighted by Gasteiger charge is -2.27. The van der Waals surface area contributed by atoms with Gasteiger partial charge in [0.15, 0.2) is 11.5 Å². The summed E-state index contributed by atoms with van der Waals surface area (Å²) in [5, 5.41) is 13.3. The molecule has 4 aromatic rings. The number of fused-ring (bicyclic) bond motifs is 1. The zero-order valence-corrected chi connectivity index (χ0v) is 20.2. The molecule has 0 atom stereocenters. The first kappa shape index (κ1) is 23.3.